The van der Waals surface area contributed by atoms with Crippen LogP contribution in [0.25, 0.3) is 65.7 Å². The smallest absolute Gasteiger partial charge is 0.0714 e. The van der Waals surface area contributed by atoms with Crippen molar-refractivity contribution in [3.63, 3.8) is 0 Å². The van der Waals surface area contributed by atoms with Crippen LogP contribution in [-0.4, -0.2) is 0 Å². The molecule has 0 saturated heterocycles. The number of rotatable bonds is 7. The third-order valence-electron chi connectivity index (χ3n) is 13.1. The monoisotopic (exact) mass is 787 g/mol. The van der Waals surface area contributed by atoms with Gasteiger partial charge in [-0.25, -0.2) is 0 Å². The number of hydrogen-bond donors (Lipinski definition) is 0. The topological polar surface area (TPSA) is 3.24 Å². The first-order chi connectivity index (χ1) is 30.8. The van der Waals surface area contributed by atoms with E-state index in [1.807, 2.05) is 0 Å². The molecule has 290 valence electrons. The second kappa shape index (κ2) is 14.6. The number of benzene rings is 11. The van der Waals surface area contributed by atoms with E-state index in [1.165, 1.54) is 82.4 Å². The van der Waals surface area contributed by atoms with Crippen molar-refractivity contribution in [2.24, 2.45) is 0 Å². The largest absolute Gasteiger partial charge is 0.309 e. The number of para-hydroxylation sites is 1. The molecule has 0 aromatic heterocycles. The van der Waals surface area contributed by atoms with Crippen LogP contribution in [0, 0.1) is 0 Å². The van der Waals surface area contributed by atoms with Crippen LogP contribution in [0.1, 0.15) is 22.3 Å². The van der Waals surface area contributed by atoms with Crippen LogP contribution < -0.4 is 4.90 Å². The third kappa shape index (κ3) is 5.42. The summed E-state index contributed by atoms with van der Waals surface area (Å²) in [6.45, 7) is 0. The number of fused-ring (bicyclic) bond motifs is 7. The molecule has 1 aliphatic rings. The van der Waals surface area contributed by atoms with Crippen molar-refractivity contribution in [3.8, 4) is 33.4 Å². The summed E-state index contributed by atoms with van der Waals surface area (Å²) in [5.74, 6) is 0. The Bertz CT molecular complexity index is 3420. The summed E-state index contributed by atoms with van der Waals surface area (Å²) in [5, 5.41) is 7.32. The summed E-state index contributed by atoms with van der Waals surface area (Å²) in [6.07, 6.45) is 0. The molecule has 0 aliphatic heterocycles. The summed E-state index contributed by atoms with van der Waals surface area (Å²) in [6, 6.07) is 91.9. The normalized spacial score (nSPS) is 12.6. The van der Waals surface area contributed by atoms with Crippen LogP contribution in [0.4, 0.5) is 17.1 Å². The minimum atomic E-state index is -0.557. The molecule has 0 fully saturated rings. The van der Waals surface area contributed by atoms with Gasteiger partial charge < -0.3 is 4.90 Å². The van der Waals surface area contributed by atoms with Gasteiger partial charge in [-0.2, -0.15) is 0 Å². The highest BCUT2D eigenvalue weighted by Gasteiger charge is 2.46. The predicted octanol–water partition coefficient (Wildman–Crippen LogP) is 16.3. The van der Waals surface area contributed by atoms with Crippen LogP contribution >= 0.6 is 0 Å². The second-order valence-corrected chi connectivity index (χ2v) is 16.3. The summed E-state index contributed by atoms with van der Waals surface area (Å²) in [7, 11) is 0. The standard InChI is InChI=1S/C61H41N/c1-4-21-43(22-5-1)48-30-17-19-38-58(48)62(60-55-35-15-13-32-50(55)49-31-12-14-34-54(49)59(60)53-36-20-24-42-23-10-11-29-47(42)53)46-39-40-52-51-33-16-18-37-56(51)61(57(52)41-46,44-25-6-2-7-26-44)45-27-8-3-9-28-45/h1-41H. The van der Waals surface area contributed by atoms with Crippen LogP contribution in [0.2, 0.25) is 0 Å². The van der Waals surface area contributed by atoms with E-state index in [0.717, 1.165) is 22.6 Å². The summed E-state index contributed by atoms with van der Waals surface area (Å²) in [5.41, 5.74) is 15.1. The molecule has 1 heteroatoms. The maximum absolute atomic E-state index is 2.58. The van der Waals surface area contributed by atoms with Gasteiger partial charge in [0.05, 0.1) is 16.8 Å². The molecule has 0 spiro atoms. The molecule has 0 amide bonds. The maximum Gasteiger partial charge on any atom is 0.0714 e. The lowest BCUT2D eigenvalue weighted by Crippen LogP contribution is -2.28. The van der Waals surface area contributed by atoms with Crippen molar-refractivity contribution in [1.29, 1.82) is 0 Å². The van der Waals surface area contributed by atoms with Crippen LogP contribution in [0.5, 0.6) is 0 Å². The van der Waals surface area contributed by atoms with Gasteiger partial charge in [-0.1, -0.05) is 231 Å². The van der Waals surface area contributed by atoms with Crippen LogP contribution in [-0.2, 0) is 5.41 Å². The fourth-order valence-electron chi connectivity index (χ4n) is 10.6. The Kier molecular flexibility index (Phi) is 8.47. The maximum atomic E-state index is 2.58. The van der Waals surface area contributed by atoms with Crippen molar-refractivity contribution in [2.75, 3.05) is 4.90 Å². The van der Waals surface area contributed by atoms with E-state index in [4.69, 9.17) is 0 Å². The highest BCUT2D eigenvalue weighted by Crippen LogP contribution is 2.59. The SMILES string of the molecule is c1ccc(-c2ccccc2N(c2ccc3c(c2)C(c2ccccc2)(c2ccccc2)c2ccccc2-3)c2c(-c3cccc4ccccc34)c3ccccc3c3ccccc23)cc1. The van der Waals surface area contributed by atoms with Crippen LogP contribution in [0.3, 0.4) is 0 Å². The van der Waals surface area contributed by atoms with Gasteiger partial charge in [0.2, 0.25) is 0 Å². The van der Waals surface area contributed by atoms with Crippen molar-refractivity contribution in [1.82, 2.24) is 0 Å². The Morgan fingerprint density at radius 2 is 0.806 bits per heavy atom. The van der Waals surface area contributed by atoms with E-state index in [0.29, 0.717) is 0 Å². The number of nitrogens with zero attached hydrogens (tertiary/aromatic N) is 1. The van der Waals surface area contributed by atoms with Crippen molar-refractivity contribution in [2.45, 2.75) is 5.41 Å². The molecule has 0 heterocycles. The molecule has 0 unspecified atom stereocenters. The number of hydrogen-bond acceptors (Lipinski definition) is 1. The molecule has 11 aromatic rings. The molecule has 12 rings (SSSR count). The first-order valence-electron chi connectivity index (χ1n) is 21.5. The van der Waals surface area contributed by atoms with Crippen molar-refractivity contribution < 1.29 is 0 Å². The molecule has 0 bridgehead atoms. The zero-order valence-electron chi connectivity index (χ0n) is 34.1. The molecular weight excluding hydrogens is 747 g/mol. The van der Waals surface area contributed by atoms with Crippen molar-refractivity contribution >= 4 is 49.4 Å². The lowest BCUT2D eigenvalue weighted by Gasteiger charge is -2.36. The summed E-state index contributed by atoms with van der Waals surface area (Å²) in [4.78, 5) is 2.58. The Morgan fingerprint density at radius 1 is 0.306 bits per heavy atom. The Hall–Kier alpha value is -8.00. The van der Waals surface area contributed by atoms with Gasteiger partial charge in [0.15, 0.2) is 0 Å². The van der Waals surface area contributed by atoms with Crippen molar-refractivity contribution in [3.05, 3.63) is 271 Å². The third-order valence-corrected chi connectivity index (χ3v) is 13.1. The first-order valence-corrected chi connectivity index (χ1v) is 21.5. The minimum absolute atomic E-state index is 0.557. The predicted molar refractivity (Wildman–Crippen MR) is 262 cm³/mol. The Balaban J connectivity index is 1.26. The second-order valence-electron chi connectivity index (χ2n) is 16.3. The Labute approximate surface area is 362 Å². The molecule has 62 heavy (non-hydrogen) atoms. The lowest BCUT2D eigenvalue weighted by atomic mass is 9.67. The molecule has 1 nitrogen and oxygen atoms in total. The molecule has 0 atom stereocenters. The zero-order valence-corrected chi connectivity index (χ0v) is 34.1. The lowest BCUT2D eigenvalue weighted by molar-refractivity contribution is 0.768. The van der Waals surface area contributed by atoms with E-state index in [9.17, 15) is 0 Å². The van der Waals surface area contributed by atoms with E-state index in [2.05, 4.69) is 254 Å². The fourth-order valence-corrected chi connectivity index (χ4v) is 10.6. The van der Waals surface area contributed by atoms with E-state index >= 15 is 0 Å². The highest BCUT2D eigenvalue weighted by molar-refractivity contribution is 6.24. The molecule has 1 aliphatic carbocycles. The minimum Gasteiger partial charge on any atom is -0.309 e. The first kappa shape index (κ1) is 35.9. The van der Waals surface area contributed by atoms with Crippen LogP contribution in [0.15, 0.2) is 249 Å². The van der Waals surface area contributed by atoms with Gasteiger partial charge in [0.25, 0.3) is 0 Å². The van der Waals surface area contributed by atoms with E-state index in [-0.39, 0.29) is 0 Å². The quantitative estimate of drug-likeness (QED) is 0.145. The van der Waals surface area contributed by atoms with E-state index in [1.54, 1.807) is 0 Å². The molecule has 0 N–H and O–H groups in total. The fraction of sp³-hybridized carbons (Fsp3) is 0.0164. The highest BCUT2D eigenvalue weighted by atomic mass is 15.1. The average molecular weight is 788 g/mol. The zero-order chi connectivity index (χ0) is 41.0. The summed E-state index contributed by atoms with van der Waals surface area (Å²) < 4.78 is 0. The van der Waals surface area contributed by atoms with Gasteiger partial charge >= 0.3 is 0 Å². The molecule has 0 radical (unpaired) electrons. The van der Waals surface area contributed by atoms with Gasteiger partial charge in [-0.3, -0.25) is 0 Å². The molecule has 11 aromatic carbocycles. The van der Waals surface area contributed by atoms with Gasteiger partial charge in [-0.05, 0) is 89.6 Å². The van der Waals surface area contributed by atoms with Gasteiger partial charge in [-0.15, -0.1) is 0 Å². The molecule has 0 saturated carbocycles. The van der Waals surface area contributed by atoms with Gasteiger partial charge in [0.1, 0.15) is 0 Å². The number of anilines is 3. The van der Waals surface area contributed by atoms with Gasteiger partial charge in [0, 0.05) is 22.2 Å². The summed E-state index contributed by atoms with van der Waals surface area (Å²) >= 11 is 0. The van der Waals surface area contributed by atoms with E-state index < -0.39 is 5.41 Å². The molecular formula is C61H41N. The Morgan fingerprint density at radius 3 is 1.53 bits per heavy atom. The average Bonchev–Trinajstić information content (AvgIpc) is 3.65.